The molecule has 4 rings (SSSR count). The molecule has 0 radical (unpaired) electrons. The van der Waals surface area contributed by atoms with Crippen LogP contribution in [0.1, 0.15) is 44.9 Å². The molecular weight excluding hydrogens is 260 g/mol. The van der Waals surface area contributed by atoms with Gasteiger partial charge in [-0.2, -0.15) is 0 Å². The quantitative estimate of drug-likeness (QED) is 0.842. The van der Waals surface area contributed by atoms with E-state index in [1.807, 2.05) is 7.11 Å². The molecule has 2 bridgehead atoms. The first kappa shape index (κ1) is 14.5. The van der Waals surface area contributed by atoms with Crippen LogP contribution in [-0.2, 0) is 4.74 Å². The Morgan fingerprint density at radius 2 is 1.81 bits per heavy atom. The maximum Gasteiger partial charge on any atom is 0.0595 e. The van der Waals surface area contributed by atoms with Crippen LogP contribution in [-0.4, -0.2) is 50.3 Å². The summed E-state index contributed by atoms with van der Waals surface area (Å²) in [7, 11) is 1.85. The molecule has 5 unspecified atom stereocenters. The molecule has 120 valence electrons. The number of rotatable bonds is 5. The highest BCUT2D eigenvalue weighted by molar-refractivity contribution is 5.05. The van der Waals surface area contributed by atoms with E-state index in [-0.39, 0.29) is 0 Å². The SMILES string of the molecule is COC1CCN(CCNC2CC3CC2C2CCCC32)CC1. The average Bonchev–Trinajstić information content (AvgIpc) is 3.20. The molecule has 0 aromatic heterocycles. The Balaban J connectivity index is 1.19. The normalized spacial score (nSPS) is 43.6. The average molecular weight is 292 g/mol. The lowest BCUT2D eigenvalue weighted by molar-refractivity contribution is 0.0409. The number of hydrogen-bond donors (Lipinski definition) is 1. The first-order valence-electron chi connectivity index (χ1n) is 9.33. The Labute approximate surface area is 129 Å². The smallest absolute Gasteiger partial charge is 0.0595 e. The zero-order chi connectivity index (χ0) is 14.2. The molecule has 5 atom stereocenters. The molecule has 0 aromatic carbocycles. The number of piperidine rings is 1. The highest BCUT2D eigenvalue weighted by Crippen LogP contribution is 2.58. The number of nitrogens with zero attached hydrogens (tertiary/aromatic N) is 1. The summed E-state index contributed by atoms with van der Waals surface area (Å²) in [5, 5.41) is 3.93. The molecular formula is C18H32N2O. The minimum absolute atomic E-state index is 0.513. The first-order chi connectivity index (χ1) is 10.3. The lowest BCUT2D eigenvalue weighted by Crippen LogP contribution is -2.44. The third kappa shape index (κ3) is 2.77. The minimum Gasteiger partial charge on any atom is -0.381 e. The topological polar surface area (TPSA) is 24.5 Å². The Bertz CT molecular complexity index is 353. The van der Waals surface area contributed by atoms with Crippen molar-refractivity contribution in [1.29, 1.82) is 0 Å². The Morgan fingerprint density at radius 1 is 1.00 bits per heavy atom. The van der Waals surface area contributed by atoms with Gasteiger partial charge in [-0.25, -0.2) is 0 Å². The maximum absolute atomic E-state index is 5.46. The van der Waals surface area contributed by atoms with Crippen LogP contribution in [0.25, 0.3) is 0 Å². The van der Waals surface area contributed by atoms with Crippen molar-refractivity contribution in [2.75, 3.05) is 33.3 Å². The van der Waals surface area contributed by atoms with Crippen LogP contribution in [0.15, 0.2) is 0 Å². The van der Waals surface area contributed by atoms with Gasteiger partial charge in [0.15, 0.2) is 0 Å². The molecule has 4 aliphatic rings. The van der Waals surface area contributed by atoms with E-state index in [9.17, 15) is 0 Å². The van der Waals surface area contributed by atoms with Crippen molar-refractivity contribution in [1.82, 2.24) is 10.2 Å². The van der Waals surface area contributed by atoms with Crippen LogP contribution < -0.4 is 5.32 Å². The molecule has 1 aliphatic heterocycles. The second-order valence-corrected chi connectivity index (χ2v) is 7.99. The zero-order valence-electron chi connectivity index (χ0n) is 13.6. The van der Waals surface area contributed by atoms with E-state index >= 15 is 0 Å². The standard InChI is InChI=1S/C18H32N2O/c1-21-14-5-8-20(9-6-14)10-7-19-18-12-13-11-17(18)16-4-2-3-15(13)16/h13-19H,2-12H2,1H3. The largest absolute Gasteiger partial charge is 0.381 e. The van der Waals surface area contributed by atoms with Gasteiger partial charge in [-0.15, -0.1) is 0 Å². The van der Waals surface area contributed by atoms with Crippen LogP contribution in [0.4, 0.5) is 0 Å². The highest BCUT2D eigenvalue weighted by atomic mass is 16.5. The summed E-state index contributed by atoms with van der Waals surface area (Å²) in [5.41, 5.74) is 0. The third-order valence-corrected chi connectivity index (χ3v) is 7.13. The lowest BCUT2D eigenvalue weighted by atomic mass is 9.79. The van der Waals surface area contributed by atoms with Crippen molar-refractivity contribution in [3.63, 3.8) is 0 Å². The molecule has 3 aliphatic carbocycles. The zero-order valence-corrected chi connectivity index (χ0v) is 13.6. The number of hydrogen-bond acceptors (Lipinski definition) is 3. The monoisotopic (exact) mass is 292 g/mol. The van der Waals surface area contributed by atoms with E-state index in [0.29, 0.717) is 6.10 Å². The van der Waals surface area contributed by atoms with E-state index in [1.165, 1.54) is 58.3 Å². The fraction of sp³-hybridized carbons (Fsp3) is 1.00. The second-order valence-electron chi connectivity index (χ2n) is 7.99. The highest BCUT2D eigenvalue weighted by Gasteiger charge is 2.53. The van der Waals surface area contributed by atoms with E-state index in [2.05, 4.69) is 10.2 Å². The fourth-order valence-electron chi connectivity index (χ4n) is 6.08. The van der Waals surface area contributed by atoms with Crippen molar-refractivity contribution in [3.05, 3.63) is 0 Å². The Morgan fingerprint density at radius 3 is 2.62 bits per heavy atom. The molecule has 0 aromatic rings. The van der Waals surface area contributed by atoms with E-state index in [1.54, 1.807) is 12.8 Å². The van der Waals surface area contributed by atoms with Gasteiger partial charge >= 0.3 is 0 Å². The van der Waals surface area contributed by atoms with Gasteiger partial charge in [-0.1, -0.05) is 6.42 Å². The predicted octanol–water partition coefficient (Wildman–Crippen LogP) is 2.51. The van der Waals surface area contributed by atoms with Crippen LogP contribution in [0, 0.1) is 23.7 Å². The van der Waals surface area contributed by atoms with Gasteiger partial charge in [0, 0.05) is 39.3 Å². The van der Waals surface area contributed by atoms with Gasteiger partial charge in [0.25, 0.3) is 0 Å². The Hall–Kier alpha value is -0.120. The van der Waals surface area contributed by atoms with Crippen molar-refractivity contribution in [2.45, 2.75) is 57.1 Å². The number of likely N-dealkylation sites (tertiary alicyclic amines) is 1. The van der Waals surface area contributed by atoms with E-state index < -0.39 is 0 Å². The number of ether oxygens (including phenoxy) is 1. The molecule has 3 heteroatoms. The van der Waals surface area contributed by atoms with Crippen LogP contribution in [0.5, 0.6) is 0 Å². The van der Waals surface area contributed by atoms with E-state index in [0.717, 1.165) is 29.7 Å². The predicted molar refractivity (Wildman–Crippen MR) is 85.3 cm³/mol. The summed E-state index contributed by atoms with van der Waals surface area (Å²) in [4.78, 5) is 2.62. The van der Waals surface area contributed by atoms with Gasteiger partial charge < -0.3 is 15.0 Å². The van der Waals surface area contributed by atoms with Gasteiger partial charge in [-0.3, -0.25) is 0 Å². The van der Waals surface area contributed by atoms with Gasteiger partial charge in [-0.05, 0) is 62.2 Å². The molecule has 1 heterocycles. The number of fused-ring (bicyclic) bond motifs is 5. The molecule has 3 nitrogen and oxygen atoms in total. The van der Waals surface area contributed by atoms with Crippen molar-refractivity contribution in [3.8, 4) is 0 Å². The van der Waals surface area contributed by atoms with Crippen LogP contribution in [0.3, 0.4) is 0 Å². The second kappa shape index (κ2) is 6.17. The third-order valence-electron chi connectivity index (χ3n) is 7.13. The molecule has 21 heavy (non-hydrogen) atoms. The molecule has 3 saturated carbocycles. The van der Waals surface area contributed by atoms with Gasteiger partial charge in [0.1, 0.15) is 0 Å². The fourth-order valence-corrected chi connectivity index (χ4v) is 6.08. The summed E-state index contributed by atoms with van der Waals surface area (Å²) >= 11 is 0. The summed E-state index contributed by atoms with van der Waals surface area (Å²) in [5.74, 6) is 4.33. The molecule has 0 amide bonds. The first-order valence-corrected chi connectivity index (χ1v) is 9.33. The lowest BCUT2D eigenvalue weighted by Gasteiger charge is -2.34. The van der Waals surface area contributed by atoms with Crippen LogP contribution >= 0.6 is 0 Å². The molecule has 1 N–H and O–H groups in total. The number of methoxy groups -OCH3 is 1. The van der Waals surface area contributed by atoms with Gasteiger partial charge in [0.2, 0.25) is 0 Å². The Kier molecular flexibility index (Phi) is 4.25. The van der Waals surface area contributed by atoms with Crippen molar-refractivity contribution < 1.29 is 4.74 Å². The summed E-state index contributed by atoms with van der Waals surface area (Å²) in [6, 6.07) is 0.853. The van der Waals surface area contributed by atoms with E-state index in [4.69, 9.17) is 4.74 Å². The number of nitrogens with one attached hydrogen (secondary N) is 1. The molecule has 4 fully saturated rings. The maximum atomic E-state index is 5.46. The van der Waals surface area contributed by atoms with Crippen molar-refractivity contribution in [2.24, 2.45) is 23.7 Å². The summed E-state index contributed by atoms with van der Waals surface area (Å²) in [6.07, 6.45) is 10.6. The summed E-state index contributed by atoms with van der Waals surface area (Å²) in [6.45, 7) is 4.88. The van der Waals surface area contributed by atoms with Gasteiger partial charge in [0.05, 0.1) is 6.10 Å². The molecule has 1 saturated heterocycles. The summed E-state index contributed by atoms with van der Waals surface area (Å²) < 4.78 is 5.46. The van der Waals surface area contributed by atoms with Crippen molar-refractivity contribution >= 4 is 0 Å². The molecule has 0 spiro atoms. The van der Waals surface area contributed by atoms with Crippen LogP contribution in [0.2, 0.25) is 0 Å². The minimum atomic E-state index is 0.513.